The molecule has 4 nitrogen and oxygen atoms in total. The highest BCUT2D eigenvalue weighted by Gasteiger charge is 2.12. The summed E-state index contributed by atoms with van der Waals surface area (Å²) in [5, 5.41) is 4.46. The fourth-order valence-electron chi connectivity index (χ4n) is 2.62. The molecule has 3 aromatic rings. The molecule has 0 spiro atoms. The van der Waals surface area contributed by atoms with Gasteiger partial charge in [0, 0.05) is 20.2 Å². The normalized spacial score (nSPS) is 10.8. The molecule has 0 unspecified atom stereocenters. The van der Waals surface area contributed by atoms with Crippen molar-refractivity contribution in [3.05, 3.63) is 70.3 Å². The quantitative estimate of drug-likeness (QED) is 0.623. The van der Waals surface area contributed by atoms with E-state index in [2.05, 4.69) is 27.0 Å². The molecular weight excluding hydrogens is 357 g/mol. The molecule has 0 saturated carbocycles. The summed E-state index contributed by atoms with van der Waals surface area (Å²) in [5.41, 5.74) is 3.08. The Morgan fingerprint density at radius 1 is 1.08 bits per heavy atom. The van der Waals surface area contributed by atoms with E-state index in [1.807, 2.05) is 36.5 Å². The number of benzene rings is 2. The van der Waals surface area contributed by atoms with Crippen LogP contribution in [0.25, 0.3) is 11.3 Å². The molecule has 0 saturated heterocycles. The van der Waals surface area contributed by atoms with E-state index in [1.165, 1.54) is 0 Å². The third-order valence-electron chi connectivity index (χ3n) is 3.91. The molecule has 0 aliphatic heterocycles. The van der Waals surface area contributed by atoms with Gasteiger partial charge in [-0.15, -0.1) is 0 Å². The number of hydrogen-bond acceptors (Lipinski definition) is 3. The molecule has 0 atom stereocenters. The van der Waals surface area contributed by atoms with Gasteiger partial charge in [-0.2, -0.15) is 0 Å². The maximum Gasteiger partial charge on any atom is 0.203 e. The minimum Gasteiger partial charge on any atom is -0.383 e. The van der Waals surface area contributed by atoms with Gasteiger partial charge in [0.15, 0.2) is 0 Å². The molecule has 0 bridgehead atoms. The van der Waals surface area contributed by atoms with Crippen LogP contribution >= 0.6 is 23.2 Å². The second-order valence-corrected chi connectivity index (χ2v) is 6.33. The number of nitrogens with zero attached hydrogens (tertiary/aromatic N) is 2. The van der Waals surface area contributed by atoms with Crippen molar-refractivity contribution >= 4 is 29.2 Å². The smallest absolute Gasteiger partial charge is 0.203 e. The van der Waals surface area contributed by atoms with Crippen molar-refractivity contribution in [2.24, 2.45) is 0 Å². The predicted molar refractivity (Wildman–Crippen MR) is 103 cm³/mol. The zero-order valence-corrected chi connectivity index (χ0v) is 15.4. The largest absolute Gasteiger partial charge is 0.383 e. The van der Waals surface area contributed by atoms with Crippen molar-refractivity contribution < 1.29 is 4.74 Å². The number of aromatic nitrogens is 2. The first-order valence-corrected chi connectivity index (χ1v) is 8.73. The number of rotatable bonds is 7. The van der Waals surface area contributed by atoms with Crippen molar-refractivity contribution in [1.29, 1.82) is 0 Å². The maximum absolute atomic E-state index is 6.26. The van der Waals surface area contributed by atoms with Crippen LogP contribution in [0.5, 0.6) is 0 Å². The topological polar surface area (TPSA) is 39.1 Å². The Bertz CT molecular complexity index is 834. The zero-order valence-electron chi connectivity index (χ0n) is 13.9. The summed E-state index contributed by atoms with van der Waals surface area (Å²) in [7, 11) is 1.69. The Morgan fingerprint density at radius 3 is 2.64 bits per heavy atom. The number of nitrogens with one attached hydrogen (secondary N) is 1. The van der Waals surface area contributed by atoms with Crippen LogP contribution in [0, 0.1) is 0 Å². The Balaban J connectivity index is 1.85. The van der Waals surface area contributed by atoms with Gasteiger partial charge in [0.2, 0.25) is 5.95 Å². The first kappa shape index (κ1) is 17.8. The number of hydrogen-bond donors (Lipinski definition) is 1. The molecule has 0 radical (unpaired) electrons. The molecule has 0 aliphatic carbocycles. The average Bonchev–Trinajstić information content (AvgIpc) is 3.04. The van der Waals surface area contributed by atoms with E-state index < -0.39 is 0 Å². The highest BCUT2D eigenvalue weighted by atomic mass is 35.5. The number of ether oxygens (including phenoxy) is 1. The molecule has 3 rings (SSSR count). The number of imidazole rings is 1. The summed E-state index contributed by atoms with van der Waals surface area (Å²) < 4.78 is 7.35. The van der Waals surface area contributed by atoms with Crippen LogP contribution in [0.2, 0.25) is 10.0 Å². The molecule has 1 heterocycles. The van der Waals surface area contributed by atoms with Gasteiger partial charge in [-0.3, -0.25) is 0 Å². The number of methoxy groups -OCH3 is 1. The predicted octanol–water partition coefficient (Wildman–Crippen LogP) is 5.12. The van der Waals surface area contributed by atoms with Crippen molar-refractivity contribution in [3.8, 4) is 11.3 Å². The van der Waals surface area contributed by atoms with Crippen LogP contribution < -0.4 is 5.32 Å². The Labute approximate surface area is 157 Å². The van der Waals surface area contributed by atoms with E-state index in [1.54, 1.807) is 13.2 Å². The minimum absolute atomic E-state index is 0.539. The van der Waals surface area contributed by atoms with Gasteiger partial charge in [-0.05, 0) is 17.2 Å². The molecule has 0 fully saturated rings. The van der Waals surface area contributed by atoms with E-state index in [-0.39, 0.29) is 0 Å². The van der Waals surface area contributed by atoms with Gasteiger partial charge in [0.05, 0.1) is 28.5 Å². The van der Waals surface area contributed by atoms with Crippen molar-refractivity contribution in [2.45, 2.75) is 13.1 Å². The first-order chi connectivity index (χ1) is 12.2. The van der Waals surface area contributed by atoms with Crippen LogP contribution in [0.4, 0.5) is 5.95 Å². The Morgan fingerprint density at radius 2 is 1.88 bits per heavy atom. The van der Waals surface area contributed by atoms with Crippen LogP contribution in [0.15, 0.2) is 54.7 Å². The van der Waals surface area contributed by atoms with Crippen LogP contribution in [-0.4, -0.2) is 23.3 Å². The third kappa shape index (κ3) is 4.15. The molecule has 130 valence electrons. The maximum atomic E-state index is 6.26. The summed E-state index contributed by atoms with van der Waals surface area (Å²) in [6, 6.07) is 15.8. The molecule has 6 heteroatoms. The highest BCUT2D eigenvalue weighted by Crippen LogP contribution is 2.27. The van der Waals surface area contributed by atoms with Gasteiger partial charge in [-0.25, -0.2) is 4.98 Å². The second-order valence-electron chi connectivity index (χ2n) is 5.54. The van der Waals surface area contributed by atoms with E-state index in [9.17, 15) is 0 Å². The lowest BCUT2D eigenvalue weighted by Crippen LogP contribution is -2.12. The average molecular weight is 376 g/mol. The van der Waals surface area contributed by atoms with Gasteiger partial charge >= 0.3 is 0 Å². The number of anilines is 1. The van der Waals surface area contributed by atoms with Crippen LogP contribution in [0.3, 0.4) is 0 Å². The Kier molecular flexibility index (Phi) is 5.97. The molecule has 1 N–H and O–H groups in total. The molecule has 0 amide bonds. The van der Waals surface area contributed by atoms with Crippen molar-refractivity contribution in [1.82, 2.24) is 9.55 Å². The van der Waals surface area contributed by atoms with E-state index in [4.69, 9.17) is 27.9 Å². The first-order valence-electron chi connectivity index (χ1n) is 7.97. The van der Waals surface area contributed by atoms with Crippen LogP contribution in [-0.2, 0) is 17.8 Å². The monoisotopic (exact) mass is 375 g/mol. The SMILES string of the molecule is COCCn1c(-c2ccccc2)cnc1NCc1cccc(Cl)c1Cl. The molecule has 25 heavy (non-hydrogen) atoms. The highest BCUT2D eigenvalue weighted by molar-refractivity contribution is 6.42. The van der Waals surface area contributed by atoms with E-state index >= 15 is 0 Å². The van der Waals surface area contributed by atoms with Gasteiger partial charge < -0.3 is 14.6 Å². The summed E-state index contributed by atoms with van der Waals surface area (Å²) in [6.07, 6.45) is 1.87. The lowest BCUT2D eigenvalue weighted by molar-refractivity contribution is 0.188. The molecule has 1 aromatic heterocycles. The van der Waals surface area contributed by atoms with E-state index in [0.29, 0.717) is 29.7 Å². The fraction of sp³-hybridized carbons (Fsp3) is 0.211. The van der Waals surface area contributed by atoms with Crippen LogP contribution in [0.1, 0.15) is 5.56 Å². The lowest BCUT2D eigenvalue weighted by atomic mass is 10.2. The standard InChI is InChI=1S/C19H19Cl2N3O/c1-25-11-10-24-17(14-6-3-2-4-7-14)13-23-19(24)22-12-15-8-5-9-16(20)18(15)21/h2-9,13H,10-12H2,1H3,(H,22,23). The summed E-state index contributed by atoms with van der Waals surface area (Å²) in [6.45, 7) is 1.84. The van der Waals surface area contributed by atoms with Gasteiger partial charge in [0.25, 0.3) is 0 Å². The molecule has 0 aliphatic rings. The summed E-state index contributed by atoms with van der Waals surface area (Å²) >= 11 is 12.3. The van der Waals surface area contributed by atoms with Gasteiger partial charge in [-0.1, -0.05) is 65.7 Å². The molecular formula is C19H19Cl2N3O. The van der Waals surface area contributed by atoms with E-state index in [0.717, 1.165) is 22.8 Å². The molecule has 2 aromatic carbocycles. The summed E-state index contributed by atoms with van der Waals surface area (Å²) in [5.74, 6) is 0.770. The zero-order chi connectivity index (χ0) is 17.6. The summed E-state index contributed by atoms with van der Waals surface area (Å²) in [4.78, 5) is 4.53. The Hall–Kier alpha value is -2.01. The van der Waals surface area contributed by atoms with Gasteiger partial charge in [0.1, 0.15) is 0 Å². The van der Waals surface area contributed by atoms with Crippen molar-refractivity contribution in [3.63, 3.8) is 0 Å². The lowest BCUT2D eigenvalue weighted by Gasteiger charge is -2.13. The fourth-order valence-corrected chi connectivity index (χ4v) is 3.01. The van der Waals surface area contributed by atoms with Crippen molar-refractivity contribution in [2.75, 3.05) is 19.0 Å². The third-order valence-corrected chi connectivity index (χ3v) is 4.77. The minimum atomic E-state index is 0.539. The second kappa shape index (κ2) is 8.39. The number of halogens is 2.